The van der Waals surface area contributed by atoms with E-state index in [-0.39, 0.29) is 5.91 Å². The second-order valence-corrected chi connectivity index (χ2v) is 6.10. The van der Waals surface area contributed by atoms with E-state index in [1.54, 1.807) is 12.4 Å². The Balaban J connectivity index is 1.56. The fourth-order valence-electron chi connectivity index (χ4n) is 3.24. The second kappa shape index (κ2) is 5.73. The van der Waals surface area contributed by atoms with Crippen LogP contribution in [0.3, 0.4) is 0 Å². The van der Waals surface area contributed by atoms with Gasteiger partial charge in [-0.2, -0.15) is 5.10 Å². The molecule has 1 aliphatic rings. The Labute approximate surface area is 148 Å². The predicted octanol–water partition coefficient (Wildman–Crippen LogP) is 2.81. The van der Waals surface area contributed by atoms with E-state index >= 15 is 0 Å². The molecule has 1 aromatic carbocycles. The van der Waals surface area contributed by atoms with E-state index in [1.165, 1.54) is 0 Å². The van der Waals surface area contributed by atoms with Crippen molar-refractivity contribution in [2.24, 2.45) is 0 Å². The number of imidazole rings is 1. The summed E-state index contributed by atoms with van der Waals surface area (Å²) < 4.78 is 7.85. The highest BCUT2D eigenvalue weighted by Crippen LogP contribution is 2.28. The van der Waals surface area contributed by atoms with Gasteiger partial charge in [0.15, 0.2) is 17.3 Å². The van der Waals surface area contributed by atoms with Crippen LogP contribution in [0, 0.1) is 0 Å². The number of aromatic nitrogens is 4. The first-order valence-corrected chi connectivity index (χ1v) is 8.34. The van der Waals surface area contributed by atoms with Crippen molar-refractivity contribution in [3.8, 4) is 28.7 Å². The fourth-order valence-corrected chi connectivity index (χ4v) is 3.24. The number of furan rings is 1. The van der Waals surface area contributed by atoms with Crippen LogP contribution in [0.15, 0.2) is 59.4 Å². The molecule has 7 nitrogen and oxygen atoms in total. The number of carbonyl (C=O) groups is 1. The zero-order valence-electron chi connectivity index (χ0n) is 13.8. The van der Waals surface area contributed by atoms with Crippen LogP contribution >= 0.6 is 0 Å². The Hall–Kier alpha value is -3.61. The lowest BCUT2D eigenvalue weighted by molar-refractivity contribution is 0.0946. The average molecular weight is 345 g/mol. The van der Waals surface area contributed by atoms with E-state index < -0.39 is 0 Å². The van der Waals surface area contributed by atoms with Crippen LogP contribution in [-0.2, 0) is 6.42 Å². The molecule has 1 amide bonds. The largest absolute Gasteiger partial charge is 0.451 e. The zero-order chi connectivity index (χ0) is 17.5. The summed E-state index contributed by atoms with van der Waals surface area (Å²) in [7, 11) is 0. The molecule has 0 saturated heterocycles. The Morgan fingerprint density at radius 2 is 2.00 bits per heavy atom. The molecule has 0 saturated carbocycles. The summed E-state index contributed by atoms with van der Waals surface area (Å²) in [5.41, 5.74) is 3.46. The zero-order valence-corrected chi connectivity index (χ0v) is 13.8. The molecule has 0 atom stereocenters. The number of fused-ring (bicyclic) bond motifs is 1. The Morgan fingerprint density at radius 1 is 1.08 bits per heavy atom. The fraction of sp³-hybridized carbons (Fsp3) is 0.105. The van der Waals surface area contributed by atoms with Crippen LogP contribution in [0.5, 0.6) is 0 Å². The topological polar surface area (TPSA) is 88.7 Å². The highest BCUT2D eigenvalue weighted by Gasteiger charge is 2.19. The maximum absolute atomic E-state index is 12.1. The Kier molecular flexibility index (Phi) is 3.24. The van der Waals surface area contributed by atoms with Crippen LogP contribution in [0.2, 0.25) is 0 Å². The smallest absolute Gasteiger partial charge is 0.251 e. The van der Waals surface area contributed by atoms with E-state index in [0.717, 1.165) is 23.4 Å². The van der Waals surface area contributed by atoms with Gasteiger partial charge in [-0.05, 0) is 42.3 Å². The number of carbonyl (C=O) groups excluding carboxylic acids is 1. The number of hydrogen-bond acceptors (Lipinski definition) is 4. The highest BCUT2D eigenvalue weighted by molar-refractivity contribution is 5.97. The quantitative estimate of drug-likeness (QED) is 0.597. The number of aromatic amines is 1. The van der Waals surface area contributed by atoms with E-state index in [2.05, 4.69) is 20.5 Å². The van der Waals surface area contributed by atoms with Gasteiger partial charge in [0.05, 0.1) is 0 Å². The van der Waals surface area contributed by atoms with Crippen molar-refractivity contribution in [2.75, 3.05) is 6.54 Å². The monoisotopic (exact) mass is 345 g/mol. The normalized spacial score (nSPS) is 13.5. The van der Waals surface area contributed by atoms with Crippen LogP contribution < -0.4 is 5.32 Å². The number of hydrogen-bond donors (Lipinski definition) is 2. The summed E-state index contributed by atoms with van der Waals surface area (Å²) in [5.74, 6) is 1.97. The lowest BCUT2D eigenvalue weighted by atomic mass is 10.00. The molecule has 0 bridgehead atoms. The number of rotatable bonds is 3. The van der Waals surface area contributed by atoms with Crippen molar-refractivity contribution in [3.63, 3.8) is 0 Å². The minimum atomic E-state index is -0.0331. The van der Waals surface area contributed by atoms with Gasteiger partial charge in [0.2, 0.25) is 0 Å². The number of benzene rings is 1. The minimum Gasteiger partial charge on any atom is -0.451 e. The molecule has 7 heteroatoms. The molecule has 3 aromatic heterocycles. The number of amides is 1. The molecule has 128 valence electrons. The second-order valence-electron chi connectivity index (χ2n) is 6.10. The van der Waals surface area contributed by atoms with Gasteiger partial charge in [-0.1, -0.05) is 6.07 Å². The molecule has 26 heavy (non-hydrogen) atoms. The third-order valence-electron chi connectivity index (χ3n) is 4.53. The minimum absolute atomic E-state index is 0.0331. The molecular weight excluding hydrogens is 330 g/mol. The predicted molar refractivity (Wildman–Crippen MR) is 94.9 cm³/mol. The van der Waals surface area contributed by atoms with Gasteiger partial charge in [-0.25, -0.2) is 4.98 Å². The van der Waals surface area contributed by atoms with Crippen molar-refractivity contribution in [1.29, 1.82) is 0 Å². The van der Waals surface area contributed by atoms with Gasteiger partial charge >= 0.3 is 0 Å². The molecule has 4 aromatic rings. The maximum Gasteiger partial charge on any atom is 0.251 e. The van der Waals surface area contributed by atoms with Gasteiger partial charge in [-0.15, -0.1) is 0 Å². The average Bonchev–Trinajstić information content (AvgIpc) is 3.40. The lowest BCUT2D eigenvalue weighted by Crippen LogP contribution is -2.31. The molecule has 0 fully saturated rings. The van der Waals surface area contributed by atoms with Crippen molar-refractivity contribution >= 4 is 5.91 Å². The first-order valence-electron chi connectivity index (χ1n) is 8.34. The molecule has 0 spiro atoms. The van der Waals surface area contributed by atoms with Gasteiger partial charge in [0.1, 0.15) is 5.69 Å². The molecule has 5 rings (SSSR count). The Bertz CT molecular complexity index is 1090. The first-order chi connectivity index (χ1) is 12.8. The Morgan fingerprint density at radius 3 is 2.88 bits per heavy atom. The third-order valence-corrected chi connectivity index (χ3v) is 4.53. The molecular formula is C19H15N5O2. The van der Waals surface area contributed by atoms with Crippen molar-refractivity contribution in [1.82, 2.24) is 25.1 Å². The highest BCUT2D eigenvalue weighted by atomic mass is 16.3. The molecule has 0 radical (unpaired) electrons. The molecule has 2 N–H and O–H groups in total. The summed E-state index contributed by atoms with van der Waals surface area (Å²) >= 11 is 0. The summed E-state index contributed by atoms with van der Waals surface area (Å²) in [4.78, 5) is 16.6. The van der Waals surface area contributed by atoms with Crippen molar-refractivity contribution < 1.29 is 9.21 Å². The van der Waals surface area contributed by atoms with E-state index in [1.807, 2.05) is 47.2 Å². The number of nitrogens with one attached hydrogen (secondary N) is 2. The molecule has 0 unspecified atom stereocenters. The third kappa shape index (κ3) is 2.33. The van der Waals surface area contributed by atoms with Crippen LogP contribution in [0.1, 0.15) is 15.9 Å². The summed E-state index contributed by atoms with van der Waals surface area (Å²) in [6.07, 6.45) is 6.10. The van der Waals surface area contributed by atoms with Gasteiger partial charge in [0, 0.05) is 36.4 Å². The van der Waals surface area contributed by atoms with Crippen LogP contribution in [-0.4, -0.2) is 32.2 Å². The summed E-state index contributed by atoms with van der Waals surface area (Å²) in [5, 5.41) is 9.71. The maximum atomic E-state index is 12.1. The standard InChI is InChI=1S/C19H15N5O2/c25-19-14-11-13(2-1-12(14)5-7-21-19)24-10-9-20-18(24)17-4-3-16(26-17)15-6-8-22-23-15/h1-4,6,8-11H,5,7H2,(H,21,25)(H,22,23). The van der Waals surface area contributed by atoms with Crippen molar-refractivity contribution in [2.45, 2.75) is 6.42 Å². The first kappa shape index (κ1) is 14.7. The summed E-state index contributed by atoms with van der Waals surface area (Å²) in [6, 6.07) is 11.5. The van der Waals surface area contributed by atoms with E-state index in [0.29, 0.717) is 29.5 Å². The molecule has 0 aliphatic carbocycles. The van der Waals surface area contributed by atoms with E-state index in [9.17, 15) is 4.79 Å². The SMILES string of the molecule is O=C1NCCc2ccc(-n3ccnc3-c3ccc(-c4ccn[nH]4)o3)cc21. The number of H-pyrrole nitrogens is 1. The van der Waals surface area contributed by atoms with Gasteiger partial charge in [-0.3, -0.25) is 14.5 Å². The van der Waals surface area contributed by atoms with Crippen LogP contribution in [0.25, 0.3) is 28.7 Å². The van der Waals surface area contributed by atoms with E-state index in [4.69, 9.17) is 4.42 Å². The number of nitrogens with zero attached hydrogens (tertiary/aromatic N) is 3. The lowest BCUT2D eigenvalue weighted by Gasteiger charge is -2.17. The summed E-state index contributed by atoms with van der Waals surface area (Å²) in [6.45, 7) is 0.685. The van der Waals surface area contributed by atoms with Gasteiger partial charge < -0.3 is 9.73 Å². The molecule has 4 heterocycles. The van der Waals surface area contributed by atoms with Gasteiger partial charge in [0.25, 0.3) is 5.91 Å². The van der Waals surface area contributed by atoms with Crippen molar-refractivity contribution in [3.05, 3.63) is 66.1 Å². The van der Waals surface area contributed by atoms with Crippen LogP contribution in [0.4, 0.5) is 0 Å². The molecule has 1 aliphatic heterocycles.